The van der Waals surface area contributed by atoms with Gasteiger partial charge in [0.05, 0.1) is 25.7 Å². The van der Waals surface area contributed by atoms with Crippen LogP contribution < -0.4 is 22.0 Å². The monoisotopic (exact) mass is 690 g/mol. The zero-order valence-electron chi connectivity index (χ0n) is 22.2. The first-order valence-corrected chi connectivity index (χ1v) is 17.9. The lowest BCUT2D eigenvalue weighted by molar-refractivity contribution is -0.337. The highest BCUT2D eigenvalue weighted by Crippen LogP contribution is 2.53. The first kappa shape index (κ1) is 30.3. The van der Waals surface area contributed by atoms with E-state index < -0.39 is 75.5 Å². The lowest BCUT2D eigenvalue weighted by Gasteiger charge is -2.26. The molecule has 4 aromatic heterocycles. The largest absolute Gasteiger partial charge is 0.387 e. The molecule has 3 fully saturated rings. The smallest absolute Gasteiger partial charge is 0.325 e. The van der Waals surface area contributed by atoms with Crippen molar-refractivity contribution in [3.63, 3.8) is 0 Å². The molecule has 3 aliphatic heterocycles. The van der Waals surface area contributed by atoms with E-state index in [4.69, 9.17) is 50.8 Å². The van der Waals surface area contributed by atoms with Crippen LogP contribution in [-0.4, -0.2) is 94.0 Å². The number of hydrogen-bond donors (Lipinski definition) is 7. The van der Waals surface area contributed by atoms with Gasteiger partial charge in [-0.15, -0.1) is 0 Å². The molecule has 7 rings (SSSR count). The van der Waals surface area contributed by atoms with Gasteiger partial charge in [0.2, 0.25) is 13.2 Å². The maximum Gasteiger partial charge on any atom is 0.325 e. The molecule has 4 aromatic rings. The second-order valence-electron chi connectivity index (χ2n) is 10.1. The molecule has 2 bridgehead atoms. The van der Waals surface area contributed by atoms with Crippen molar-refractivity contribution in [3.05, 3.63) is 35.3 Å². The van der Waals surface area contributed by atoms with Crippen LogP contribution in [0.1, 0.15) is 12.5 Å². The van der Waals surface area contributed by atoms with E-state index in [-0.39, 0.29) is 23.8 Å². The van der Waals surface area contributed by atoms with Gasteiger partial charge in [-0.3, -0.25) is 18.5 Å². The second kappa shape index (κ2) is 11.5. The predicted octanol–water partition coefficient (Wildman–Crippen LogP) is -1.14. The van der Waals surface area contributed by atoms with Crippen molar-refractivity contribution in [2.45, 2.75) is 49.1 Å². The fourth-order valence-corrected chi connectivity index (χ4v) is 8.15. The maximum atomic E-state index is 12.4. The molecule has 7 heterocycles. The summed E-state index contributed by atoms with van der Waals surface area (Å²) in [5.74, 6) is 0.142. The Labute approximate surface area is 257 Å². The maximum absolute atomic E-state index is 12.4. The first-order valence-electron chi connectivity index (χ1n) is 13.0. The molecule has 0 aliphatic carbocycles. The number of aliphatic hydroxyl groups is 2. The van der Waals surface area contributed by atoms with Crippen molar-refractivity contribution < 1.29 is 47.7 Å². The number of nitrogen functional groups attached to an aromatic ring is 2. The van der Waals surface area contributed by atoms with Gasteiger partial charge in [-0.05, 0) is 17.9 Å². The van der Waals surface area contributed by atoms with Crippen molar-refractivity contribution in [2.75, 3.05) is 24.7 Å². The number of nitrogens with one attached hydrogen (secondary N) is 2. The minimum Gasteiger partial charge on any atom is -0.387 e. The van der Waals surface area contributed by atoms with Crippen LogP contribution in [0.5, 0.6) is 0 Å². The van der Waals surface area contributed by atoms with Crippen LogP contribution in [0, 0.1) is 0 Å². The highest BCUT2D eigenvalue weighted by atomic mass is 32.7. The molecule has 44 heavy (non-hydrogen) atoms. The summed E-state index contributed by atoms with van der Waals surface area (Å²) in [6.07, 6.45) is -5.03. The van der Waals surface area contributed by atoms with Gasteiger partial charge in [-0.25, -0.2) is 24.9 Å². The van der Waals surface area contributed by atoms with Gasteiger partial charge in [0.15, 0.2) is 23.9 Å². The molecule has 0 spiro atoms. The number of fused-ring (bicyclic) bond motifs is 5. The van der Waals surface area contributed by atoms with E-state index in [1.165, 1.54) is 21.8 Å². The predicted molar refractivity (Wildman–Crippen MR) is 157 cm³/mol. The number of imidazole rings is 1. The summed E-state index contributed by atoms with van der Waals surface area (Å²) in [6.45, 7) is -4.73. The fourth-order valence-electron chi connectivity index (χ4n) is 5.41. The summed E-state index contributed by atoms with van der Waals surface area (Å²) < 4.78 is 38.4. The van der Waals surface area contributed by atoms with Crippen LogP contribution >= 0.6 is 26.5 Å². The zero-order chi connectivity index (χ0) is 30.9. The Bertz CT molecular complexity index is 1830. The fraction of sp³-hybridized carbons (Fsp3) is 0.476. The van der Waals surface area contributed by atoms with Gasteiger partial charge in [0.25, 0.3) is 0 Å². The Kier molecular flexibility index (Phi) is 7.89. The lowest BCUT2D eigenvalue weighted by atomic mass is 10.1. The second-order valence-corrected chi connectivity index (χ2v) is 14.8. The lowest BCUT2D eigenvalue weighted by Crippen LogP contribution is -2.36. The summed E-state index contributed by atoms with van der Waals surface area (Å²) >= 11 is 9.72. The molecule has 10 unspecified atom stereocenters. The van der Waals surface area contributed by atoms with E-state index in [2.05, 4.69) is 37.2 Å². The molecule has 19 nitrogen and oxygen atoms in total. The number of hydrogen-bond acceptors (Lipinski definition) is 16. The zero-order valence-corrected chi connectivity index (χ0v) is 25.7. The summed E-state index contributed by atoms with van der Waals surface area (Å²) in [4.78, 5) is 41.1. The Hall–Kier alpha value is -2.36. The van der Waals surface area contributed by atoms with Crippen LogP contribution in [-0.2, 0) is 39.4 Å². The number of H-pyrrole nitrogens is 2. The van der Waals surface area contributed by atoms with E-state index in [1.54, 1.807) is 12.3 Å². The molecule has 0 radical (unpaired) electrons. The van der Waals surface area contributed by atoms with Crippen molar-refractivity contribution in [3.8, 4) is 0 Å². The Morgan fingerprint density at radius 1 is 1.11 bits per heavy atom. The normalized spacial score (nSPS) is 36.6. The third-order valence-electron chi connectivity index (χ3n) is 7.44. The number of aliphatic hydroxyl groups excluding tert-OH is 2. The first-order chi connectivity index (χ1) is 21.0. The van der Waals surface area contributed by atoms with Gasteiger partial charge in [-0.1, -0.05) is 12.2 Å². The Morgan fingerprint density at radius 3 is 2.73 bits per heavy atom. The molecule has 9 N–H and O–H groups in total. The molecule has 0 saturated carbocycles. The van der Waals surface area contributed by atoms with Gasteiger partial charge < -0.3 is 49.6 Å². The van der Waals surface area contributed by atoms with Crippen molar-refractivity contribution in [1.82, 2.24) is 29.1 Å². The summed E-state index contributed by atoms with van der Waals surface area (Å²) in [5.41, 5.74) is 12.2. The molecule has 0 aromatic carbocycles. The van der Waals surface area contributed by atoms with Crippen LogP contribution in [0.3, 0.4) is 0 Å². The summed E-state index contributed by atoms with van der Waals surface area (Å²) in [6, 6.07) is 1.55. The molecular weight excluding hydrogens is 664 g/mol. The van der Waals surface area contributed by atoms with Crippen LogP contribution in [0.4, 0.5) is 11.8 Å². The van der Waals surface area contributed by atoms with Crippen LogP contribution in [0.2, 0.25) is 0 Å². The van der Waals surface area contributed by atoms with Gasteiger partial charge in [0.1, 0.15) is 53.9 Å². The van der Waals surface area contributed by atoms with E-state index in [0.29, 0.717) is 16.8 Å². The number of aromatic amines is 2. The number of nitrogens with zero attached hydrogens (tertiary/aromatic N) is 5. The molecule has 23 heteroatoms. The number of thiol groups is 1. The molecule has 3 saturated heterocycles. The highest BCUT2D eigenvalue weighted by Gasteiger charge is 2.52. The molecule has 3 aliphatic rings. The van der Waals surface area contributed by atoms with E-state index in [1.807, 2.05) is 0 Å². The van der Waals surface area contributed by atoms with Crippen molar-refractivity contribution in [1.29, 1.82) is 0 Å². The molecule has 10 atom stereocenters. The van der Waals surface area contributed by atoms with Gasteiger partial charge in [-0.2, -0.15) is 0 Å². The third kappa shape index (κ3) is 5.30. The Morgan fingerprint density at radius 2 is 1.91 bits per heavy atom. The topological polar surface area (TPSA) is 264 Å². The van der Waals surface area contributed by atoms with Crippen LogP contribution in [0.25, 0.3) is 22.2 Å². The van der Waals surface area contributed by atoms with E-state index in [0.717, 1.165) is 0 Å². The van der Waals surface area contributed by atoms with E-state index >= 15 is 0 Å². The number of anilines is 2. The standard InChI is InChI=1S/C21H25N9O10P2S2/c22-15-10-17(25-5-24-15)30(6-26-10)19-12(32)13-9(38-19)3-35-41(43)39-14-11(31)8(4-36-42(34,44)40-13)37-20(14)29-2-1-7-16(29)27-21(23)28-18(7)33/h1-2,5-6,8-9,11-14,19-20,31-32,43H,3-4H2,(H,34,44)(H2,22,24,25)(H3,23,27,28,33)/p+1. The van der Waals surface area contributed by atoms with Gasteiger partial charge in [0, 0.05) is 0 Å². The Balaban J connectivity index is 1.18. The number of aromatic nitrogens is 7. The minimum absolute atomic E-state index is 0.00426. The number of rotatable bonds is 2. The molecular formula is C21H26N9O10P2S2+. The number of nitrogens with two attached hydrogens (primary N) is 2. The average molecular weight is 691 g/mol. The van der Waals surface area contributed by atoms with Crippen molar-refractivity contribution >= 4 is 72.3 Å². The third-order valence-corrected chi connectivity index (χ3v) is 10.4. The molecule has 236 valence electrons. The van der Waals surface area contributed by atoms with Crippen molar-refractivity contribution in [2.24, 2.45) is 0 Å². The molecule has 0 amide bonds. The number of ether oxygens (including phenoxy) is 2. The van der Waals surface area contributed by atoms with Crippen LogP contribution in [0.15, 0.2) is 29.7 Å². The highest BCUT2D eigenvalue weighted by molar-refractivity contribution is 8.41. The average Bonchev–Trinajstić information content (AvgIpc) is 3.72. The summed E-state index contributed by atoms with van der Waals surface area (Å²) in [5, 5.41) is 22.8. The summed E-state index contributed by atoms with van der Waals surface area (Å²) in [7, 11) is -2.01. The van der Waals surface area contributed by atoms with E-state index in [9.17, 15) is 19.9 Å². The SMILES string of the molecule is Nc1[nH]c(=O)c2ccn(C3OC4COP(O)(=S)OC5C(COP(S)OC3C4O)OC(n3cnc4c(N)ncnc43)C5O)c2[nH+]1. The van der Waals surface area contributed by atoms with Gasteiger partial charge >= 0.3 is 18.2 Å². The quantitative estimate of drug-likeness (QED) is 0.0968. The minimum atomic E-state index is -4.08.